The summed E-state index contributed by atoms with van der Waals surface area (Å²) in [6, 6.07) is 7.78. The van der Waals surface area contributed by atoms with Gasteiger partial charge in [-0.15, -0.1) is 0 Å². The van der Waals surface area contributed by atoms with Crippen LogP contribution in [-0.4, -0.2) is 10.8 Å². The number of allylic oxidation sites excluding steroid dienone is 2. The Bertz CT molecular complexity index is 511. The molecular weight excluding hydrogens is 186 g/mol. The maximum absolute atomic E-state index is 12.0. The second kappa shape index (κ2) is 2.83. The number of carbonyl (C=O) groups is 1. The van der Waals surface area contributed by atoms with Gasteiger partial charge in [0, 0.05) is 17.3 Å². The van der Waals surface area contributed by atoms with E-state index >= 15 is 0 Å². The van der Waals surface area contributed by atoms with Crippen molar-refractivity contribution in [3.8, 4) is 0 Å². The van der Waals surface area contributed by atoms with E-state index in [-0.39, 0.29) is 5.91 Å². The van der Waals surface area contributed by atoms with Crippen LogP contribution in [0, 0.1) is 0 Å². The molecule has 0 radical (unpaired) electrons. The van der Waals surface area contributed by atoms with Gasteiger partial charge in [0.15, 0.2) is 0 Å². The summed E-state index contributed by atoms with van der Waals surface area (Å²) in [6.07, 6.45) is 5.00. The number of rotatable bonds is 0. The lowest BCUT2D eigenvalue weighted by Gasteiger charge is -2.18. The number of benzene rings is 1. The highest BCUT2D eigenvalue weighted by Gasteiger charge is 2.31. The molecule has 3 rings (SSSR count). The first-order valence-electron chi connectivity index (χ1n) is 5.08. The minimum Gasteiger partial charge on any atom is -0.284 e. The van der Waals surface area contributed by atoms with Gasteiger partial charge in [0.25, 0.3) is 5.91 Å². The summed E-state index contributed by atoms with van der Waals surface area (Å²) >= 11 is 0. The van der Waals surface area contributed by atoms with E-state index in [1.807, 2.05) is 37.4 Å². The van der Waals surface area contributed by atoms with Gasteiger partial charge in [0.1, 0.15) is 0 Å². The zero-order valence-electron chi connectivity index (χ0n) is 8.53. The number of fused-ring (bicyclic) bond motifs is 3. The molecule has 1 aromatic rings. The van der Waals surface area contributed by atoms with Crippen LogP contribution in [0.3, 0.4) is 0 Å². The molecule has 2 aliphatic rings. The molecule has 0 N–H and O–H groups in total. The second-order valence-electron chi connectivity index (χ2n) is 3.99. The molecule has 1 aromatic carbocycles. The maximum Gasteiger partial charge on any atom is 0.263 e. The maximum atomic E-state index is 12.0. The van der Waals surface area contributed by atoms with Crippen LogP contribution in [0.15, 0.2) is 42.1 Å². The van der Waals surface area contributed by atoms with Crippen molar-refractivity contribution >= 4 is 11.6 Å². The quantitative estimate of drug-likeness (QED) is 0.626. The number of amides is 1. The van der Waals surface area contributed by atoms with Crippen molar-refractivity contribution in [3.63, 3.8) is 0 Å². The largest absolute Gasteiger partial charge is 0.284 e. The molecule has 0 atom stereocenters. The Kier molecular flexibility index (Phi) is 1.60. The van der Waals surface area contributed by atoms with E-state index in [0.29, 0.717) is 0 Å². The second-order valence-corrected chi connectivity index (χ2v) is 3.99. The normalized spacial score (nSPS) is 18.2. The van der Waals surface area contributed by atoms with Crippen molar-refractivity contribution in [1.29, 1.82) is 0 Å². The van der Waals surface area contributed by atoms with Crippen LogP contribution in [0.1, 0.15) is 29.3 Å². The summed E-state index contributed by atoms with van der Waals surface area (Å²) in [4.78, 5) is 13.8. The van der Waals surface area contributed by atoms with E-state index in [2.05, 4.69) is 6.08 Å². The third kappa shape index (κ3) is 1.08. The Morgan fingerprint density at radius 3 is 2.73 bits per heavy atom. The molecule has 0 spiro atoms. The molecule has 1 amide bonds. The molecule has 2 aliphatic heterocycles. The van der Waals surface area contributed by atoms with E-state index in [1.165, 1.54) is 5.57 Å². The standard InChI is InChI=1S/C13H11NO/c1-9-6-7-12-10-4-2-3-5-11(10)13(15)14(12)8-9/h2-5,7-8H,6H2,1H3. The molecular formula is C13H11NO. The number of hydrogen-bond acceptors (Lipinski definition) is 1. The number of nitrogens with zero attached hydrogens (tertiary/aromatic N) is 1. The highest BCUT2D eigenvalue weighted by Crippen LogP contribution is 2.36. The molecule has 0 saturated carbocycles. The van der Waals surface area contributed by atoms with Crippen molar-refractivity contribution in [2.24, 2.45) is 0 Å². The van der Waals surface area contributed by atoms with Gasteiger partial charge >= 0.3 is 0 Å². The summed E-state index contributed by atoms with van der Waals surface area (Å²) in [5.41, 5.74) is 4.14. The fraction of sp³-hybridized carbons (Fsp3) is 0.154. The molecule has 2 heterocycles. The zero-order valence-corrected chi connectivity index (χ0v) is 8.53. The number of carbonyl (C=O) groups excluding carboxylic acids is 1. The first kappa shape index (κ1) is 8.48. The Hall–Kier alpha value is -1.83. The lowest BCUT2D eigenvalue weighted by Crippen LogP contribution is -2.18. The highest BCUT2D eigenvalue weighted by molar-refractivity contribution is 6.10. The van der Waals surface area contributed by atoms with Crippen LogP contribution >= 0.6 is 0 Å². The minimum atomic E-state index is 0.0934. The van der Waals surface area contributed by atoms with Gasteiger partial charge in [0.05, 0.1) is 5.70 Å². The van der Waals surface area contributed by atoms with Crippen LogP contribution in [0.4, 0.5) is 0 Å². The van der Waals surface area contributed by atoms with Crippen molar-refractivity contribution < 1.29 is 4.79 Å². The lowest BCUT2D eigenvalue weighted by atomic mass is 10.1. The highest BCUT2D eigenvalue weighted by atomic mass is 16.2. The number of hydrogen-bond donors (Lipinski definition) is 0. The van der Waals surface area contributed by atoms with E-state index in [4.69, 9.17) is 0 Å². The Labute approximate surface area is 88.5 Å². The van der Waals surface area contributed by atoms with Crippen LogP contribution in [0.25, 0.3) is 5.70 Å². The van der Waals surface area contributed by atoms with Gasteiger partial charge < -0.3 is 0 Å². The van der Waals surface area contributed by atoms with Crippen LogP contribution in [0.2, 0.25) is 0 Å². The zero-order chi connectivity index (χ0) is 10.4. The fourth-order valence-corrected chi connectivity index (χ4v) is 2.13. The molecule has 74 valence electrons. The fourth-order valence-electron chi connectivity index (χ4n) is 2.13. The van der Waals surface area contributed by atoms with Gasteiger partial charge in [-0.2, -0.15) is 0 Å². The monoisotopic (exact) mass is 197 g/mol. The van der Waals surface area contributed by atoms with Crippen molar-refractivity contribution in [3.05, 3.63) is 53.2 Å². The average Bonchev–Trinajstić information content (AvgIpc) is 2.54. The van der Waals surface area contributed by atoms with Crippen LogP contribution in [0.5, 0.6) is 0 Å². The molecule has 0 unspecified atom stereocenters. The van der Waals surface area contributed by atoms with Gasteiger partial charge in [-0.3, -0.25) is 9.69 Å². The first-order valence-corrected chi connectivity index (χ1v) is 5.08. The molecule has 2 heteroatoms. The van der Waals surface area contributed by atoms with E-state index in [0.717, 1.165) is 23.2 Å². The van der Waals surface area contributed by atoms with Crippen molar-refractivity contribution in [2.75, 3.05) is 0 Å². The average molecular weight is 197 g/mol. The van der Waals surface area contributed by atoms with Crippen LogP contribution < -0.4 is 0 Å². The molecule has 0 aliphatic carbocycles. The van der Waals surface area contributed by atoms with E-state index in [1.54, 1.807) is 4.90 Å². The Morgan fingerprint density at radius 1 is 1.20 bits per heavy atom. The molecule has 0 bridgehead atoms. The molecule has 0 fully saturated rings. The minimum absolute atomic E-state index is 0.0934. The van der Waals surface area contributed by atoms with Gasteiger partial charge in [-0.1, -0.05) is 29.8 Å². The molecule has 2 nitrogen and oxygen atoms in total. The lowest BCUT2D eigenvalue weighted by molar-refractivity contribution is 0.0889. The summed E-state index contributed by atoms with van der Waals surface area (Å²) in [6.45, 7) is 2.05. The van der Waals surface area contributed by atoms with Gasteiger partial charge in [-0.05, 0) is 19.4 Å². The third-order valence-corrected chi connectivity index (χ3v) is 2.88. The van der Waals surface area contributed by atoms with Gasteiger partial charge in [-0.25, -0.2) is 0 Å². The molecule has 15 heavy (non-hydrogen) atoms. The molecule has 0 aromatic heterocycles. The molecule has 0 saturated heterocycles. The predicted molar refractivity (Wildman–Crippen MR) is 59.0 cm³/mol. The first-order chi connectivity index (χ1) is 7.27. The van der Waals surface area contributed by atoms with Gasteiger partial charge in [0.2, 0.25) is 0 Å². The van der Waals surface area contributed by atoms with Crippen molar-refractivity contribution in [2.45, 2.75) is 13.3 Å². The topological polar surface area (TPSA) is 20.3 Å². The van der Waals surface area contributed by atoms with Crippen molar-refractivity contribution in [1.82, 2.24) is 4.90 Å². The SMILES string of the molecule is CC1=CN2C(=O)c3ccccc3C2=CC1. The summed E-state index contributed by atoms with van der Waals surface area (Å²) in [7, 11) is 0. The summed E-state index contributed by atoms with van der Waals surface area (Å²) < 4.78 is 0. The van der Waals surface area contributed by atoms with Crippen LogP contribution in [-0.2, 0) is 0 Å². The Balaban J connectivity index is 2.21. The summed E-state index contributed by atoms with van der Waals surface area (Å²) in [5.74, 6) is 0.0934. The predicted octanol–water partition coefficient (Wildman–Crippen LogP) is 2.79. The smallest absolute Gasteiger partial charge is 0.263 e. The van der Waals surface area contributed by atoms with E-state index in [9.17, 15) is 4.79 Å². The Morgan fingerprint density at radius 2 is 1.93 bits per heavy atom. The third-order valence-electron chi connectivity index (χ3n) is 2.88. The summed E-state index contributed by atoms with van der Waals surface area (Å²) in [5, 5.41) is 0. The van der Waals surface area contributed by atoms with E-state index < -0.39 is 0 Å².